The maximum Gasteiger partial charge on any atom is 0.123 e. The predicted octanol–water partition coefficient (Wildman–Crippen LogP) is 3.66. The maximum atomic E-state index is 12.8. The Morgan fingerprint density at radius 2 is 1.94 bits per heavy atom. The topological polar surface area (TPSA) is 12.0 Å². The molecule has 1 N–H and O–H groups in total. The van der Waals surface area contributed by atoms with E-state index < -0.39 is 0 Å². The molecule has 0 heterocycles. The van der Waals surface area contributed by atoms with Crippen LogP contribution in [0.3, 0.4) is 0 Å². The van der Waals surface area contributed by atoms with Crippen LogP contribution in [0, 0.1) is 11.7 Å². The van der Waals surface area contributed by atoms with Crippen LogP contribution in [0.1, 0.15) is 44.7 Å². The summed E-state index contributed by atoms with van der Waals surface area (Å²) in [6.45, 7) is 4.38. The van der Waals surface area contributed by atoms with Crippen LogP contribution in [-0.2, 0) is 0 Å². The van der Waals surface area contributed by atoms with Crippen LogP contribution in [0.4, 0.5) is 4.39 Å². The number of nitrogens with one attached hydrogen (secondary N) is 1. The molecule has 1 fully saturated rings. The Morgan fingerprint density at radius 1 is 1.31 bits per heavy atom. The summed E-state index contributed by atoms with van der Waals surface area (Å²) >= 11 is 0. The van der Waals surface area contributed by atoms with Crippen LogP contribution in [0.2, 0.25) is 0 Å². The summed E-state index contributed by atoms with van der Waals surface area (Å²) in [5.74, 6) is 0.707. The number of benzene rings is 1. The zero-order chi connectivity index (χ0) is 11.5. The van der Waals surface area contributed by atoms with Gasteiger partial charge in [-0.1, -0.05) is 19.1 Å². The van der Waals surface area contributed by atoms with Crippen molar-refractivity contribution >= 4 is 0 Å². The first-order valence-corrected chi connectivity index (χ1v) is 6.22. The van der Waals surface area contributed by atoms with Gasteiger partial charge in [-0.2, -0.15) is 0 Å². The molecule has 88 valence electrons. The molecule has 1 aliphatic rings. The molecular weight excluding hydrogens is 201 g/mol. The number of halogens is 1. The van der Waals surface area contributed by atoms with Crippen molar-refractivity contribution in [2.24, 2.45) is 5.92 Å². The number of rotatable bonds is 5. The van der Waals surface area contributed by atoms with Gasteiger partial charge in [0.1, 0.15) is 5.82 Å². The fourth-order valence-electron chi connectivity index (χ4n) is 2.25. The minimum Gasteiger partial charge on any atom is -0.307 e. The second-order valence-electron chi connectivity index (χ2n) is 4.79. The van der Waals surface area contributed by atoms with Gasteiger partial charge in [-0.05, 0) is 49.8 Å². The first-order valence-electron chi connectivity index (χ1n) is 6.22. The molecule has 1 aliphatic carbocycles. The van der Waals surface area contributed by atoms with Crippen molar-refractivity contribution in [2.75, 3.05) is 0 Å². The second-order valence-corrected chi connectivity index (χ2v) is 4.79. The molecule has 2 atom stereocenters. The third kappa shape index (κ3) is 2.82. The monoisotopic (exact) mass is 221 g/mol. The van der Waals surface area contributed by atoms with Gasteiger partial charge in [0, 0.05) is 12.1 Å². The highest BCUT2D eigenvalue weighted by Gasteiger charge is 2.30. The van der Waals surface area contributed by atoms with E-state index >= 15 is 0 Å². The van der Waals surface area contributed by atoms with Gasteiger partial charge in [0.05, 0.1) is 0 Å². The summed E-state index contributed by atoms with van der Waals surface area (Å²) in [6, 6.07) is 7.74. The number of hydrogen-bond acceptors (Lipinski definition) is 1. The highest BCUT2D eigenvalue weighted by Crippen LogP contribution is 2.35. The largest absolute Gasteiger partial charge is 0.307 e. The first-order chi connectivity index (χ1) is 7.70. The molecule has 0 amide bonds. The van der Waals surface area contributed by atoms with Crippen LogP contribution in [0.25, 0.3) is 0 Å². The zero-order valence-corrected chi connectivity index (χ0v) is 10.0. The molecular formula is C14H20FN. The van der Waals surface area contributed by atoms with Crippen LogP contribution in [-0.4, -0.2) is 6.04 Å². The molecule has 0 radical (unpaired) electrons. The molecule has 1 aromatic carbocycles. The fraction of sp³-hybridized carbons (Fsp3) is 0.571. The molecule has 0 spiro atoms. The smallest absolute Gasteiger partial charge is 0.123 e. The van der Waals surface area contributed by atoms with Gasteiger partial charge < -0.3 is 5.32 Å². The van der Waals surface area contributed by atoms with Crippen molar-refractivity contribution in [2.45, 2.75) is 45.2 Å². The Morgan fingerprint density at radius 3 is 2.44 bits per heavy atom. The van der Waals surface area contributed by atoms with Gasteiger partial charge in [-0.3, -0.25) is 0 Å². The molecule has 1 unspecified atom stereocenters. The quantitative estimate of drug-likeness (QED) is 0.800. The lowest BCUT2D eigenvalue weighted by Crippen LogP contribution is -2.32. The summed E-state index contributed by atoms with van der Waals surface area (Å²) in [5, 5.41) is 3.64. The summed E-state index contributed by atoms with van der Waals surface area (Å²) in [5.41, 5.74) is 1.17. The molecule has 0 aliphatic heterocycles. The van der Waals surface area contributed by atoms with E-state index in [1.54, 1.807) is 0 Å². The van der Waals surface area contributed by atoms with Crippen molar-refractivity contribution < 1.29 is 4.39 Å². The van der Waals surface area contributed by atoms with E-state index in [2.05, 4.69) is 19.2 Å². The Kier molecular flexibility index (Phi) is 3.59. The molecule has 0 bridgehead atoms. The van der Waals surface area contributed by atoms with E-state index in [-0.39, 0.29) is 5.82 Å². The Balaban J connectivity index is 1.95. The van der Waals surface area contributed by atoms with Crippen LogP contribution in [0.15, 0.2) is 24.3 Å². The maximum absolute atomic E-state index is 12.8. The molecule has 16 heavy (non-hydrogen) atoms. The van der Waals surface area contributed by atoms with Gasteiger partial charge >= 0.3 is 0 Å². The molecule has 1 nitrogen and oxygen atoms in total. The van der Waals surface area contributed by atoms with Crippen molar-refractivity contribution in [3.05, 3.63) is 35.6 Å². The molecule has 1 aromatic rings. The third-order valence-corrected chi connectivity index (χ3v) is 3.46. The SMILES string of the molecule is CCC(N[C@@H](C)c1ccc(F)cc1)C1CC1. The van der Waals surface area contributed by atoms with E-state index in [0.29, 0.717) is 12.1 Å². The molecule has 2 heteroatoms. The minimum absolute atomic E-state index is 0.162. The van der Waals surface area contributed by atoms with Gasteiger partial charge in [-0.15, -0.1) is 0 Å². The summed E-state index contributed by atoms with van der Waals surface area (Å²) < 4.78 is 12.8. The van der Waals surface area contributed by atoms with Gasteiger partial charge in [0.15, 0.2) is 0 Å². The average molecular weight is 221 g/mol. The standard InChI is InChI=1S/C14H20FN/c1-3-14(12-4-5-12)16-10(2)11-6-8-13(15)9-7-11/h6-10,12,14,16H,3-5H2,1-2H3/t10-,14?/m0/s1. The third-order valence-electron chi connectivity index (χ3n) is 3.46. The Bertz CT molecular complexity index is 329. The van der Waals surface area contributed by atoms with Gasteiger partial charge in [0.2, 0.25) is 0 Å². The predicted molar refractivity (Wildman–Crippen MR) is 64.8 cm³/mol. The summed E-state index contributed by atoms with van der Waals surface area (Å²) in [6.07, 6.45) is 3.90. The number of hydrogen-bond donors (Lipinski definition) is 1. The van der Waals surface area contributed by atoms with Gasteiger partial charge in [0.25, 0.3) is 0 Å². The second kappa shape index (κ2) is 4.96. The highest BCUT2D eigenvalue weighted by molar-refractivity contribution is 5.19. The lowest BCUT2D eigenvalue weighted by Gasteiger charge is -2.22. The molecule has 0 saturated heterocycles. The summed E-state index contributed by atoms with van der Waals surface area (Å²) in [4.78, 5) is 0. The lowest BCUT2D eigenvalue weighted by atomic mass is 10.0. The van der Waals surface area contributed by atoms with Crippen molar-refractivity contribution in [1.29, 1.82) is 0 Å². The Labute approximate surface area is 97.1 Å². The first kappa shape index (κ1) is 11.6. The van der Waals surface area contributed by atoms with Crippen LogP contribution in [0.5, 0.6) is 0 Å². The molecule has 0 aromatic heterocycles. The summed E-state index contributed by atoms with van der Waals surface area (Å²) in [7, 11) is 0. The normalized spacial score (nSPS) is 19.4. The van der Waals surface area contributed by atoms with E-state index in [1.807, 2.05) is 12.1 Å². The highest BCUT2D eigenvalue weighted by atomic mass is 19.1. The van der Waals surface area contributed by atoms with E-state index in [9.17, 15) is 4.39 Å². The van der Waals surface area contributed by atoms with Crippen molar-refractivity contribution in [3.63, 3.8) is 0 Å². The van der Waals surface area contributed by atoms with Crippen LogP contribution < -0.4 is 5.32 Å². The molecule has 1 saturated carbocycles. The van der Waals surface area contributed by atoms with Crippen molar-refractivity contribution in [1.82, 2.24) is 5.32 Å². The van der Waals surface area contributed by atoms with Gasteiger partial charge in [-0.25, -0.2) is 4.39 Å². The molecule has 2 rings (SSSR count). The van der Waals surface area contributed by atoms with Crippen molar-refractivity contribution in [3.8, 4) is 0 Å². The van der Waals surface area contributed by atoms with E-state index in [0.717, 1.165) is 5.92 Å². The lowest BCUT2D eigenvalue weighted by molar-refractivity contribution is 0.404. The minimum atomic E-state index is -0.162. The zero-order valence-electron chi connectivity index (χ0n) is 10.0. The van der Waals surface area contributed by atoms with E-state index in [4.69, 9.17) is 0 Å². The fourth-order valence-corrected chi connectivity index (χ4v) is 2.25. The van der Waals surface area contributed by atoms with E-state index in [1.165, 1.54) is 37.0 Å². The average Bonchev–Trinajstić information content (AvgIpc) is 3.10. The van der Waals surface area contributed by atoms with Crippen LogP contribution >= 0.6 is 0 Å². The Hall–Kier alpha value is -0.890.